The Hall–Kier alpha value is -2.63. The fraction of sp³-hybridized carbons (Fsp3) is 0.154. The van der Waals surface area contributed by atoms with Gasteiger partial charge in [0, 0.05) is 18.7 Å². The Morgan fingerprint density at radius 3 is 2.63 bits per heavy atom. The highest BCUT2D eigenvalue weighted by Crippen LogP contribution is 2.25. The van der Waals surface area contributed by atoms with E-state index in [9.17, 15) is 10.1 Å². The summed E-state index contributed by atoms with van der Waals surface area (Å²) in [6, 6.07) is 12.4. The average molecular weight is 259 g/mol. The molecule has 0 radical (unpaired) electrons. The first-order valence-corrected chi connectivity index (χ1v) is 5.68. The molecule has 0 aliphatic carbocycles. The molecule has 0 unspecified atom stereocenters. The Labute approximate surface area is 110 Å². The van der Waals surface area contributed by atoms with Gasteiger partial charge in [0.25, 0.3) is 0 Å². The molecule has 0 aliphatic heterocycles. The highest BCUT2D eigenvalue weighted by molar-refractivity contribution is 5.57. The molecule has 2 rings (SSSR count). The maximum absolute atomic E-state index is 10.9. The number of pyridine rings is 1. The second-order valence-corrected chi connectivity index (χ2v) is 3.82. The van der Waals surface area contributed by atoms with Crippen molar-refractivity contribution in [2.75, 3.05) is 12.4 Å². The zero-order valence-corrected chi connectivity index (χ0v) is 10.4. The molecule has 98 valence electrons. The maximum Gasteiger partial charge on any atom is 0.311 e. The summed E-state index contributed by atoms with van der Waals surface area (Å²) in [4.78, 5) is 14.5. The van der Waals surface area contributed by atoms with Crippen LogP contribution in [0.15, 0.2) is 42.5 Å². The van der Waals surface area contributed by atoms with Crippen molar-refractivity contribution in [1.29, 1.82) is 0 Å². The van der Waals surface area contributed by atoms with E-state index in [-0.39, 0.29) is 11.5 Å². The first-order chi connectivity index (χ1) is 9.20. The van der Waals surface area contributed by atoms with Gasteiger partial charge in [-0.05, 0) is 5.56 Å². The van der Waals surface area contributed by atoms with Crippen LogP contribution in [0, 0.1) is 10.1 Å². The van der Waals surface area contributed by atoms with E-state index < -0.39 is 4.92 Å². The molecular formula is C13H13N3O3. The molecule has 0 fully saturated rings. The molecule has 1 heterocycles. The van der Waals surface area contributed by atoms with Crippen molar-refractivity contribution in [3.8, 4) is 5.88 Å². The molecule has 1 aromatic carbocycles. The summed E-state index contributed by atoms with van der Waals surface area (Å²) in [5.74, 6) is 0.536. The molecule has 2 aromatic rings. The Morgan fingerprint density at radius 1 is 1.26 bits per heavy atom. The van der Waals surface area contributed by atoms with Crippen molar-refractivity contribution >= 4 is 11.5 Å². The normalized spacial score (nSPS) is 9.95. The van der Waals surface area contributed by atoms with Gasteiger partial charge in [-0.1, -0.05) is 30.3 Å². The summed E-state index contributed by atoms with van der Waals surface area (Å²) in [5, 5.41) is 13.9. The molecule has 0 aliphatic rings. The molecule has 6 heteroatoms. The number of hydrogen-bond acceptors (Lipinski definition) is 5. The quantitative estimate of drug-likeness (QED) is 0.659. The Balaban J connectivity index is 2.20. The summed E-state index contributed by atoms with van der Waals surface area (Å²) in [7, 11) is 1.47. The Kier molecular flexibility index (Phi) is 3.92. The zero-order valence-electron chi connectivity index (χ0n) is 10.4. The average Bonchev–Trinajstić information content (AvgIpc) is 2.45. The molecule has 1 N–H and O–H groups in total. The van der Waals surface area contributed by atoms with Gasteiger partial charge in [0.05, 0.1) is 12.0 Å². The largest absolute Gasteiger partial charge is 0.481 e. The number of nitrogens with zero attached hydrogens (tertiary/aromatic N) is 2. The topological polar surface area (TPSA) is 77.3 Å². The van der Waals surface area contributed by atoms with Crippen molar-refractivity contribution in [2.24, 2.45) is 0 Å². The molecule has 0 spiro atoms. The van der Waals surface area contributed by atoms with E-state index in [1.807, 2.05) is 30.3 Å². The number of methoxy groups -OCH3 is 1. The van der Waals surface area contributed by atoms with Gasteiger partial charge in [0.2, 0.25) is 11.7 Å². The van der Waals surface area contributed by atoms with Crippen LogP contribution in [0.25, 0.3) is 0 Å². The predicted octanol–water partition coefficient (Wildman–Crippen LogP) is 2.61. The van der Waals surface area contributed by atoms with Crippen LogP contribution >= 0.6 is 0 Å². The van der Waals surface area contributed by atoms with Gasteiger partial charge in [-0.2, -0.15) is 4.98 Å². The number of rotatable bonds is 5. The van der Waals surface area contributed by atoms with E-state index in [0.29, 0.717) is 12.4 Å². The smallest absolute Gasteiger partial charge is 0.311 e. The third-order valence-corrected chi connectivity index (χ3v) is 2.56. The fourth-order valence-corrected chi connectivity index (χ4v) is 1.61. The molecule has 0 saturated heterocycles. The van der Waals surface area contributed by atoms with Crippen molar-refractivity contribution in [1.82, 2.24) is 4.98 Å². The van der Waals surface area contributed by atoms with E-state index in [4.69, 9.17) is 4.74 Å². The van der Waals surface area contributed by atoms with Crippen LogP contribution < -0.4 is 10.1 Å². The number of benzene rings is 1. The lowest BCUT2D eigenvalue weighted by molar-refractivity contribution is -0.384. The molecular weight excluding hydrogens is 246 g/mol. The monoisotopic (exact) mass is 259 g/mol. The van der Waals surface area contributed by atoms with E-state index >= 15 is 0 Å². The minimum Gasteiger partial charge on any atom is -0.481 e. The third kappa shape index (κ3) is 3.19. The standard InChI is InChI=1S/C13H13N3O3/c1-19-12-8-7-11(16(17)18)13(15-12)14-9-10-5-3-2-4-6-10/h2-8H,9H2,1H3,(H,14,15). The number of nitro groups is 1. The van der Waals surface area contributed by atoms with Gasteiger partial charge in [-0.3, -0.25) is 10.1 Å². The lowest BCUT2D eigenvalue weighted by Crippen LogP contribution is -2.05. The minimum absolute atomic E-state index is 0.0725. The number of aromatic nitrogens is 1. The first kappa shape index (κ1) is 12.8. The van der Waals surface area contributed by atoms with Gasteiger partial charge in [0.15, 0.2) is 0 Å². The van der Waals surface area contributed by atoms with Crippen molar-refractivity contribution in [2.45, 2.75) is 6.54 Å². The van der Waals surface area contributed by atoms with E-state index in [1.54, 1.807) is 0 Å². The summed E-state index contributed by atoms with van der Waals surface area (Å²) in [6.45, 7) is 0.460. The highest BCUT2D eigenvalue weighted by Gasteiger charge is 2.15. The number of hydrogen-bond donors (Lipinski definition) is 1. The predicted molar refractivity (Wildman–Crippen MR) is 71.2 cm³/mol. The molecule has 0 amide bonds. The van der Waals surface area contributed by atoms with Gasteiger partial charge in [-0.25, -0.2) is 0 Å². The van der Waals surface area contributed by atoms with Crippen molar-refractivity contribution in [3.63, 3.8) is 0 Å². The molecule has 0 atom stereocenters. The highest BCUT2D eigenvalue weighted by atomic mass is 16.6. The lowest BCUT2D eigenvalue weighted by Gasteiger charge is -2.07. The van der Waals surface area contributed by atoms with Crippen LogP contribution in [0.3, 0.4) is 0 Å². The molecule has 0 bridgehead atoms. The van der Waals surface area contributed by atoms with Crippen LogP contribution in [0.2, 0.25) is 0 Å². The molecule has 19 heavy (non-hydrogen) atoms. The zero-order chi connectivity index (χ0) is 13.7. The van der Waals surface area contributed by atoms with E-state index in [2.05, 4.69) is 10.3 Å². The van der Waals surface area contributed by atoms with Crippen LogP contribution in [0.5, 0.6) is 5.88 Å². The minimum atomic E-state index is -0.472. The van der Waals surface area contributed by atoms with E-state index in [0.717, 1.165) is 5.56 Å². The summed E-state index contributed by atoms with van der Waals surface area (Å²) >= 11 is 0. The van der Waals surface area contributed by atoms with Crippen LogP contribution in [0.4, 0.5) is 11.5 Å². The summed E-state index contributed by atoms with van der Waals surface area (Å²) in [5.41, 5.74) is 0.943. The van der Waals surface area contributed by atoms with Crippen LogP contribution in [-0.2, 0) is 6.54 Å². The summed E-state index contributed by atoms with van der Waals surface area (Å²) in [6.07, 6.45) is 0. The van der Waals surface area contributed by atoms with Gasteiger partial charge >= 0.3 is 5.69 Å². The van der Waals surface area contributed by atoms with Gasteiger partial charge in [0.1, 0.15) is 0 Å². The van der Waals surface area contributed by atoms with Crippen molar-refractivity contribution < 1.29 is 9.66 Å². The maximum atomic E-state index is 10.9. The number of anilines is 1. The van der Waals surface area contributed by atoms with Crippen molar-refractivity contribution in [3.05, 3.63) is 58.1 Å². The Morgan fingerprint density at radius 2 is 2.00 bits per heavy atom. The summed E-state index contributed by atoms with van der Waals surface area (Å²) < 4.78 is 4.97. The third-order valence-electron chi connectivity index (χ3n) is 2.56. The lowest BCUT2D eigenvalue weighted by atomic mass is 10.2. The second kappa shape index (κ2) is 5.81. The number of nitrogens with one attached hydrogen (secondary N) is 1. The van der Waals surface area contributed by atoms with Crippen LogP contribution in [-0.4, -0.2) is 17.0 Å². The van der Waals surface area contributed by atoms with Crippen LogP contribution in [0.1, 0.15) is 5.56 Å². The van der Waals surface area contributed by atoms with Gasteiger partial charge < -0.3 is 10.1 Å². The molecule has 6 nitrogen and oxygen atoms in total. The van der Waals surface area contributed by atoms with Gasteiger partial charge in [-0.15, -0.1) is 0 Å². The second-order valence-electron chi connectivity index (χ2n) is 3.82. The first-order valence-electron chi connectivity index (χ1n) is 5.68. The van der Waals surface area contributed by atoms with E-state index in [1.165, 1.54) is 19.2 Å². The molecule has 0 saturated carbocycles. The number of ether oxygens (including phenoxy) is 1. The fourth-order valence-electron chi connectivity index (χ4n) is 1.61. The Bertz CT molecular complexity index is 573. The molecule has 1 aromatic heterocycles. The SMILES string of the molecule is COc1ccc([N+](=O)[O-])c(NCc2ccccc2)n1.